The first-order valence-electron chi connectivity index (χ1n) is 7.81. The molecule has 0 saturated heterocycles. The zero-order valence-electron chi connectivity index (χ0n) is 13.9. The predicted octanol–water partition coefficient (Wildman–Crippen LogP) is 6.07. The molecule has 1 heterocycles. The minimum absolute atomic E-state index is 0.106. The van der Waals surface area contributed by atoms with Gasteiger partial charge in [-0.1, -0.05) is 66.8 Å². The molecule has 3 nitrogen and oxygen atoms in total. The van der Waals surface area contributed by atoms with Crippen LogP contribution in [0.2, 0.25) is 15.1 Å². The topological polar surface area (TPSA) is 37.4 Å². The van der Waals surface area contributed by atoms with Crippen molar-refractivity contribution in [3.8, 4) is 0 Å². The van der Waals surface area contributed by atoms with Crippen molar-refractivity contribution >= 4 is 69.6 Å². The minimum atomic E-state index is -0.449. The molecule has 0 bridgehead atoms. The lowest BCUT2D eigenvalue weighted by atomic mass is 10.1. The smallest absolute Gasteiger partial charge is 0.268 e. The molecule has 0 fully saturated rings. The molecule has 0 N–H and O–H groups in total. The molecular formula is C19H14Cl3NO2S. The Morgan fingerprint density at radius 2 is 1.62 bits per heavy atom. The average Bonchev–Trinajstić information content (AvgIpc) is 2.79. The molecule has 0 unspecified atom stereocenters. The van der Waals surface area contributed by atoms with Gasteiger partial charge in [0.15, 0.2) is 0 Å². The SMILES string of the molecule is CC(C)SC1=C(c2ccc(Cl)cc2Cl)C(=O)N(c2ccccc2Cl)C1=O. The third-order valence-corrected chi connectivity index (χ3v) is 5.64. The summed E-state index contributed by atoms with van der Waals surface area (Å²) in [6.07, 6.45) is 0. The molecule has 0 spiro atoms. The number of hydrogen-bond acceptors (Lipinski definition) is 3. The van der Waals surface area contributed by atoms with E-state index in [1.165, 1.54) is 11.8 Å². The van der Waals surface area contributed by atoms with Crippen molar-refractivity contribution in [2.24, 2.45) is 0 Å². The Kier molecular flexibility index (Phi) is 5.68. The molecule has 3 rings (SSSR count). The average molecular weight is 427 g/mol. The number of hydrogen-bond donors (Lipinski definition) is 0. The molecule has 0 aromatic heterocycles. The maximum absolute atomic E-state index is 13.2. The summed E-state index contributed by atoms with van der Waals surface area (Å²) < 4.78 is 0. The van der Waals surface area contributed by atoms with E-state index >= 15 is 0 Å². The summed E-state index contributed by atoms with van der Waals surface area (Å²) in [5.41, 5.74) is 1.11. The molecule has 0 aliphatic carbocycles. The van der Waals surface area contributed by atoms with Crippen molar-refractivity contribution in [2.45, 2.75) is 19.1 Å². The summed E-state index contributed by atoms with van der Waals surface area (Å²) in [6.45, 7) is 3.91. The highest BCUT2D eigenvalue weighted by molar-refractivity contribution is 8.04. The molecule has 2 aromatic carbocycles. The van der Waals surface area contributed by atoms with E-state index in [-0.39, 0.29) is 10.8 Å². The van der Waals surface area contributed by atoms with Crippen LogP contribution in [0.25, 0.3) is 5.57 Å². The second-order valence-corrected chi connectivity index (χ2v) is 8.73. The Bertz CT molecular complexity index is 940. The van der Waals surface area contributed by atoms with Crippen LogP contribution in [-0.4, -0.2) is 17.1 Å². The van der Waals surface area contributed by atoms with Gasteiger partial charge in [-0.15, -0.1) is 11.8 Å². The molecule has 0 atom stereocenters. The highest BCUT2D eigenvalue weighted by atomic mass is 35.5. The first-order chi connectivity index (χ1) is 12.3. The Labute approximate surface area is 170 Å². The van der Waals surface area contributed by atoms with E-state index in [2.05, 4.69) is 0 Å². The van der Waals surface area contributed by atoms with Crippen LogP contribution >= 0.6 is 46.6 Å². The zero-order valence-corrected chi connectivity index (χ0v) is 17.0. The minimum Gasteiger partial charge on any atom is -0.268 e. The van der Waals surface area contributed by atoms with Crippen molar-refractivity contribution in [1.29, 1.82) is 0 Å². The number of halogens is 3. The Morgan fingerprint density at radius 3 is 2.23 bits per heavy atom. The second-order valence-electron chi connectivity index (χ2n) is 5.89. The summed E-state index contributed by atoms with van der Waals surface area (Å²) in [4.78, 5) is 27.7. The Morgan fingerprint density at radius 1 is 0.923 bits per heavy atom. The molecule has 0 saturated carbocycles. The summed E-state index contributed by atoms with van der Waals surface area (Å²) in [6, 6.07) is 11.6. The third kappa shape index (κ3) is 3.52. The zero-order chi connectivity index (χ0) is 19.0. The highest BCUT2D eigenvalue weighted by Gasteiger charge is 2.41. The maximum Gasteiger partial charge on any atom is 0.272 e. The van der Waals surface area contributed by atoms with Crippen molar-refractivity contribution < 1.29 is 9.59 Å². The number of amides is 2. The normalized spacial score (nSPS) is 14.8. The van der Waals surface area contributed by atoms with Gasteiger partial charge in [-0.3, -0.25) is 9.59 Å². The lowest BCUT2D eigenvalue weighted by Gasteiger charge is -2.16. The van der Waals surface area contributed by atoms with Crippen LogP contribution in [0.1, 0.15) is 19.4 Å². The van der Waals surface area contributed by atoms with Gasteiger partial charge in [-0.25, -0.2) is 4.90 Å². The number of para-hydroxylation sites is 1. The van der Waals surface area contributed by atoms with Crippen LogP contribution in [-0.2, 0) is 9.59 Å². The predicted molar refractivity (Wildman–Crippen MR) is 110 cm³/mol. The van der Waals surface area contributed by atoms with Crippen LogP contribution in [0.4, 0.5) is 5.69 Å². The van der Waals surface area contributed by atoms with Crippen molar-refractivity contribution in [3.63, 3.8) is 0 Å². The van der Waals surface area contributed by atoms with Gasteiger partial charge >= 0.3 is 0 Å². The number of thioether (sulfide) groups is 1. The number of carbonyl (C=O) groups is 2. The van der Waals surface area contributed by atoms with E-state index in [9.17, 15) is 9.59 Å². The number of rotatable bonds is 4. The first kappa shape index (κ1) is 19.3. The summed E-state index contributed by atoms with van der Waals surface area (Å²) in [7, 11) is 0. The number of carbonyl (C=O) groups excluding carboxylic acids is 2. The third-order valence-electron chi connectivity index (χ3n) is 3.69. The molecule has 2 amide bonds. The Balaban J connectivity index is 2.18. The van der Waals surface area contributed by atoms with Gasteiger partial charge in [0.2, 0.25) is 0 Å². The molecule has 2 aromatic rings. The van der Waals surface area contributed by atoms with Crippen molar-refractivity contribution in [2.75, 3.05) is 4.90 Å². The van der Waals surface area contributed by atoms with E-state index < -0.39 is 11.8 Å². The molecule has 0 radical (unpaired) electrons. The molecule has 134 valence electrons. The number of nitrogens with zero attached hydrogens (tertiary/aromatic N) is 1. The van der Waals surface area contributed by atoms with Gasteiger partial charge in [-0.2, -0.15) is 0 Å². The van der Waals surface area contributed by atoms with E-state index in [0.29, 0.717) is 31.2 Å². The lowest BCUT2D eigenvalue weighted by molar-refractivity contribution is -0.119. The van der Waals surface area contributed by atoms with Crippen molar-refractivity contribution in [3.05, 3.63) is 68.0 Å². The van der Waals surface area contributed by atoms with Gasteiger partial charge in [0.1, 0.15) is 0 Å². The first-order valence-corrected chi connectivity index (χ1v) is 9.82. The van der Waals surface area contributed by atoms with Gasteiger partial charge in [0, 0.05) is 15.8 Å². The van der Waals surface area contributed by atoms with Crippen LogP contribution in [0.3, 0.4) is 0 Å². The highest BCUT2D eigenvalue weighted by Crippen LogP contribution is 2.43. The molecule has 26 heavy (non-hydrogen) atoms. The van der Waals surface area contributed by atoms with Crippen LogP contribution in [0.15, 0.2) is 47.4 Å². The van der Waals surface area contributed by atoms with E-state index in [4.69, 9.17) is 34.8 Å². The summed E-state index contributed by atoms with van der Waals surface area (Å²) >= 11 is 19.8. The van der Waals surface area contributed by atoms with Crippen LogP contribution < -0.4 is 4.90 Å². The lowest BCUT2D eigenvalue weighted by Crippen LogP contribution is -2.31. The molecule has 7 heteroatoms. The fraction of sp³-hybridized carbons (Fsp3) is 0.158. The number of imide groups is 1. The maximum atomic E-state index is 13.2. The number of benzene rings is 2. The van der Waals surface area contributed by atoms with Crippen LogP contribution in [0, 0.1) is 0 Å². The standard InChI is InChI=1S/C19H14Cl3NO2S/c1-10(2)26-17-16(12-8-7-11(20)9-14(12)22)18(24)23(19(17)25)15-6-4-3-5-13(15)21/h3-10H,1-2H3. The number of anilines is 1. The fourth-order valence-corrected chi connectivity index (χ4v) is 4.34. The van der Waals surface area contributed by atoms with Gasteiger partial charge in [0.05, 0.1) is 26.2 Å². The second kappa shape index (κ2) is 7.65. The molecule has 1 aliphatic heterocycles. The quantitative estimate of drug-likeness (QED) is 0.557. The van der Waals surface area contributed by atoms with E-state index in [0.717, 1.165) is 4.90 Å². The Hall–Kier alpha value is -1.46. The summed E-state index contributed by atoms with van der Waals surface area (Å²) in [5, 5.41) is 1.20. The van der Waals surface area contributed by atoms with E-state index in [1.807, 2.05) is 13.8 Å². The van der Waals surface area contributed by atoms with Gasteiger partial charge in [0.25, 0.3) is 11.8 Å². The van der Waals surface area contributed by atoms with Crippen molar-refractivity contribution in [1.82, 2.24) is 0 Å². The van der Waals surface area contributed by atoms with Crippen LogP contribution in [0.5, 0.6) is 0 Å². The molecular weight excluding hydrogens is 413 g/mol. The monoisotopic (exact) mass is 425 g/mol. The largest absolute Gasteiger partial charge is 0.272 e. The summed E-state index contributed by atoms with van der Waals surface area (Å²) in [5.74, 6) is -0.849. The molecule has 1 aliphatic rings. The van der Waals surface area contributed by atoms with E-state index in [1.54, 1.807) is 42.5 Å². The fourth-order valence-electron chi connectivity index (χ4n) is 2.64. The van der Waals surface area contributed by atoms with Gasteiger partial charge in [-0.05, 0) is 24.3 Å². The van der Waals surface area contributed by atoms with Gasteiger partial charge < -0.3 is 0 Å².